The minimum atomic E-state index is -0.942. The van der Waals surface area contributed by atoms with Crippen LogP contribution < -0.4 is 4.90 Å². The first kappa shape index (κ1) is 14.5. The Morgan fingerprint density at radius 1 is 1.33 bits per heavy atom. The van der Waals surface area contributed by atoms with E-state index in [0.717, 1.165) is 11.1 Å². The molecule has 1 rings (SSSR count). The van der Waals surface area contributed by atoms with Crippen molar-refractivity contribution in [2.24, 2.45) is 0 Å². The van der Waals surface area contributed by atoms with Gasteiger partial charge in [-0.2, -0.15) is 0 Å². The van der Waals surface area contributed by atoms with Crippen molar-refractivity contribution < 1.29 is 14.7 Å². The summed E-state index contributed by atoms with van der Waals surface area (Å²) in [5.74, 6) is -1.16. The zero-order valence-electron chi connectivity index (χ0n) is 10.7. The van der Waals surface area contributed by atoms with Crippen LogP contribution in [0.25, 0.3) is 0 Å². The smallest absolute Gasteiger partial charge is 0.305 e. The molecule has 1 N–H and O–H groups in total. The monoisotopic (exact) mass is 269 g/mol. The molecule has 18 heavy (non-hydrogen) atoms. The summed E-state index contributed by atoms with van der Waals surface area (Å²) >= 11 is 6.15. The predicted octanol–water partition coefficient (Wildman–Crippen LogP) is 2.78. The molecular weight excluding hydrogens is 254 g/mol. The van der Waals surface area contributed by atoms with Crippen molar-refractivity contribution in [1.82, 2.24) is 0 Å². The lowest BCUT2D eigenvalue weighted by molar-refractivity contribution is -0.136. The van der Waals surface area contributed by atoms with Crippen molar-refractivity contribution in [3.05, 3.63) is 28.3 Å². The summed E-state index contributed by atoms with van der Waals surface area (Å²) in [6.07, 6.45) is -0.108. The Morgan fingerprint density at radius 3 is 2.39 bits per heavy atom. The molecule has 1 aromatic rings. The van der Waals surface area contributed by atoms with Crippen LogP contribution in [0.1, 0.15) is 24.5 Å². The molecule has 0 aliphatic heterocycles. The zero-order valence-corrected chi connectivity index (χ0v) is 11.4. The van der Waals surface area contributed by atoms with Gasteiger partial charge in [0.15, 0.2) is 0 Å². The number of carboxylic acid groups (broad SMARTS) is 1. The number of carbonyl (C=O) groups is 2. The van der Waals surface area contributed by atoms with Crippen LogP contribution in [0.2, 0.25) is 5.02 Å². The third-order valence-corrected chi connectivity index (χ3v) is 2.89. The standard InChI is InChI=1S/C13H16ClNO3/c1-8-6-9(2)13(11(14)7-8)15(10(3)16)5-4-12(17)18/h6-7H,4-5H2,1-3H3,(H,17,18). The normalized spacial score (nSPS) is 10.2. The van der Waals surface area contributed by atoms with E-state index in [2.05, 4.69) is 0 Å². The third kappa shape index (κ3) is 3.47. The minimum absolute atomic E-state index is 0.108. The van der Waals surface area contributed by atoms with Crippen LogP contribution in [0.3, 0.4) is 0 Å². The summed E-state index contributed by atoms with van der Waals surface area (Å²) in [5.41, 5.74) is 2.46. The van der Waals surface area contributed by atoms with E-state index in [1.807, 2.05) is 19.9 Å². The lowest BCUT2D eigenvalue weighted by Gasteiger charge is -2.24. The SMILES string of the molecule is CC(=O)N(CCC(=O)O)c1c(C)cc(C)cc1Cl. The molecule has 0 atom stereocenters. The van der Waals surface area contributed by atoms with Gasteiger partial charge in [0.05, 0.1) is 17.1 Å². The van der Waals surface area contributed by atoms with E-state index in [1.54, 1.807) is 6.07 Å². The molecule has 1 aromatic carbocycles. The highest BCUT2D eigenvalue weighted by Gasteiger charge is 2.18. The molecule has 98 valence electrons. The third-order valence-electron chi connectivity index (χ3n) is 2.60. The Morgan fingerprint density at radius 2 is 1.94 bits per heavy atom. The number of carbonyl (C=O) groups excluding carboxylic acids is 1. The van der Waals surface area contributed by atoms with Crippen molar-refractivity contribution in [1.29, 1.82) is 0 Å². The van der Waals surface area contributed by atoms with Gasteiger partial charge < -0.3 is 10.0 Å². The van der Waals surface area contributed by atoms with E-state index < -0.39 is 5.97 Å². The Bertz CT molecular complexity index is 462. The van der Waals surface area contributed by atoms with Crippen molar-refractivity contribution in [3.63, 3.8) is 0 Å². The molecule has 0 fully saturated rings. The van der Waals surface area contributed by atoms with Gasteiger partial charge in [0, 0.05) is 13.5 Å². The molecule has 5 heteroatoms. The molecule has 0 spiro atoms. The molecule has 4 nitrogen and oxygen atoms in total. The highest BCUT2D eigenvalue weighted by molar-refractivity contribution is 6.34. The van der Waals surface area contributed by atoms with Crippen LogP contribution in [-0.2, 0) is 9.59 Å². The lowest BCUT2D eigenvalue weighted by Crippen LogP contribution is -2.31. The van der Waals surface area contributed by atoms with Crippen LogP contribution >= 0.6 is 11.6 Å². The van der Waals surface area contributed by atoms with E-state index in [4.69, 9.17) is 16.7 Å². The number of hydrogen-bond donors (Lipinski definition) is 1. The van der Waals surface area contributed by atoms with Gasteiger partial charge in [-0.1, -0.05) is 17.7 Å². The van der Waals surface area contributed by atoms with E-state index in [9.17, 15) is 9.59 Å². The molecule has 0 saturated carbocycles. The van der Waals surface area contributed by atoms with Gasteiger partial charge in [-0.15, -0.1) is 0 Å². The van der Waals surface area contributed by atoms with Gasteiger partial charge in [0.25, 0.3) is 0 Å². The number of rotatable bonds is 4. The Hall–Kier alpha value is -1.55. The van der Waals surface area contributed by atoms with Gasteiger partial charge in [-0.3, -0.25) is 9.59 Å². The van der Waals surface area contributed by atoms with Crippen molar-refractivity contribution in [2.75, 3.05) is 11.4 Å². The molecule has 0 heterocycles. The van der Waals surface area contributed by atoms with Crippen LogP contribution in [0.5, 0.6) is 0 Å². The molecule has 0 bridgehead atoms. The quantitative estimate of drug-likeness (QED) is 0.914. The molecule has 0 aliphatic rings. The number of benzene rings is 1. The zero-order chi connectivity index (χ0) is 13.9. The van der Waals surface area contributed by atoms with Gasteiger partial charge in [-0.05, 0) is 31.0 Å². The molecule has 0 aromatic heterocycles. The second-order valence-electron chi connectivity index (χ2n) is 4.23. The van der Waals surface area contributed by atoms with Gasteiger partial charge >= 0.3 is 5.97 Å². The molecule has 1 amide bonds. The van der Waals surface area contributed by atoms with Crippen LogP contribution in [-0.4, -0.2) is 23.5 Å². The van der Waals surface area contributed by atoms with Gasteiger partial charge in [-0.25, -0.2) is 0 Å². The van der Waals surface area contributed by atoms with E-state index in [0.29, 0.717) is 10.7 Å². The van der Waals surface area contributed by atoms with Crippen molar-refractivity contribution in [2.45, 2.75) is 27.2 Å². The molecule has 0 aliphatic carbocycles. The van der Waals surface area contributed by atoms with E-state index in [-0.39, 0.29) is 18.9 Å². The average Bonchev–Trinajstić information content (AvgIpc) is 2.20. The minimum Gasteiger partial charge on any atom is -0.481 e. The lowest BCUT2D eigenvalue weighted by atomic mass is 10.1. The highest BCUT2D eigenvalue weighted by atomic mass is 35.5. The van der Waals surface area contributed by atoms with Crippen LogP contribution in [0.15, 0.2) is 12.1 Å². The maximum Gasteiger partial charge on any atom is 0.305 e. The number of nitrogens with zero attached hydrogens (tertiary/aromatic N) is 1. The first-order valence-electron chi connectivity index (χ1n) is 5.59. The maximum absolute atomic E-state index is 11.6. The fourth-order valence-corrected chi connectivity index (χ4v) is 2.31. The number of aryl methyl sites for hydroxylation is 2. The van der Waals surface area contributed by atoms with Crippen molar-refractivity contribution >= 4 is 29.2 Å². The van der Waals surface area contributed by atoms with Crippen LogP contribution in [0, 0.1) is 13.8 Å². The number of carboxylic acids is 1. The Balaban J connectivity index is 3.13. The molecule has 0 saturated heterocycles. The number of anilines is 1. The summed E-state index contributed by atoms with van der Waals surface area (Å²) in [7, 11) is 0. The van der Waals surface area contributed by atoms with Gasteiger partial charge in [0.2, 0.25) is 5.91 Å². The average molecular weight is 270 g/mol. The Labute approximate surface area is 111 Å². The second kappa shape index (κ2) is 5.87. The second-order valence-corrected chi connectivity index (χ2v) is 4.63. The van der Waals surface area contributed by atoms with Crippen molar-refractivity contribution in [3.8, 4) is 0 Å². The molecule has 0 unspecified atom stereocenters. The summed E-state index contributed by atoms with van der Waals surface area (Å²) in [6.45, 7) is 5.29. The number of amides is 1. The summed E-state index contributed by atoms with van der Waals surface area (Å²) in [4.78, 5) is 23.6. The summed E-state index contributed by atoms with van der Waals surface area (Å²) in [5, 5.41) is 9.17. The van der Waals surface area contributed by atoms with E-state index in [1.165, 1.54) is 11.8 Å². The fourth-order valence-electron chi connectivity index (χ4n) is 1.88. The Kier molecular flexibility index (Phi) is 4.73. The fraction of sp³-hybridized carbons (Fsp3) is 0.385. The highest BCUT2D eigenvalue weighted by Crippen LogP contribution is 2.31. The topological polar surface area (TPSA) is 57.6 Å². The largest absolute Gasteiger partial charge is 0.481 e. The molecule has 0 radical (unpaired) electrons. The maximum atomic E-state index is 11.6. The van der Waals surface area contributed by atoms with E-state index >= 15 is 0 Å². The molecular formula is C13H16ClNO3. The summed E-state index contributed by atoms with van der Waals surface area (Å²) < 4.78 is 0. The predicted molar refractivity (Wildman–Crippen MR) is 71.2 cm³/mol. The van der Waals surface area contributed by atoms with Gasteiger partial charge in [0.1, 0.15) is 0 Å². The first-order valence-corrected chi connectivity index (χ1v) is 5.97. The first-order chi connectivity index (χ1) is 8.32. The number of hydrogen-bond acceptors (Lipinski definition) is 2. The number of halogens is 1. The number of aliphatic carboxylic acids is 1. The summed E-state index contributed by atoms with van der Waals surface area (Å²) in [6, 6.07) is 3.68. The van der Waals surface area contributed by atoms with Crippen LogP contribution in [0.4, 0.5) is 5.69 Å².